The quantitative estimate of drug-likeness (QED) is 0.797. The van der Waals surface area contributed by atoms with Crippen molar-refractivity contribution >= 4 is 5.97 Å². The van der Waals surface area contributed by atoms with E-state index in [-0.39, 0.29) is 12.0 Å². The van der Waals surface area contributed by atoms with Crippen LogP contribution in [0.5, 0.6) is 0 Å². The summed E-state index contributed by atoms with van der Waals surface area (Å²) in [7, 11) is 1.38. The molecule has 3 aliphatic heterocycles. The van der Waals surface area contributed by atoms with Gasteiger partial charge in [-0.15, -0.1) is 0 Å². The summed E-state index contributed by atoms with van der Waals surface area (Å²) >= 11 is 0. The maximum Gasteiger partial charge on any atom is 0.356 e. The van der Waals surface area contributed by atoms with E-state index in [2.05, 4.69) is 18.4 Å². The number of methoxy groups -OCH3 is 1. The minimum Gasteiger partial charge on any atom is -0.464 e. The molecule has 6 nitrogen and oxygen atoms in total. The first-order chi connectivity index (χ1) is 10.6. The molecule has 22 heavy (non-hydrogen) atoms. The Hall–Kier alpha value is -1.63. The molecule has 0 radical (unpaired) electrons. The van der Waals surface area contributed by atoms with Crippen molar-refractivity contribution in [2.75, 3.05) is 20.3 Å². The molecule has 3 aliphatic rings. The summed E-state index contributed by atoms with van der Waals surface area (Å²) in [5.41, 5.74) is 5.66. The highest BCUT2D eigenvalue weighted by Gasteiger charge is 2.45. The van der Waals surface area contributed by atoms with E-state index in [1.54, 1.807) is 11.1 Å². The second kappa shape index (κ2) is 5.87. The summed E-state index contributed by atoms with van der Waals surface area (Å²) in [6, 6.07) is 0.167. The number of allylic oxidation sites excluding steroid dienone is 2. The van der Waals surface area contributed by atoms with E-state index in [1.165, 1.54) is 7.11 Å². The van der Waals surface area contributed by atoms with Gasteiger partial charge in [0.25, 0.3) is 0 Å². The average Bonchev–Trinajstić information content (AvgIpc) is 3.20. The Kier molecular flexibility index (Phi) is 4.08. The average molecular weight is 306 g/mol. The lowest BCUT2D eigenvalue weighted by molar-refractivity contribution is -0.139. The number of nitrogens with one attached hydrogen (secondary N) is 1. The molecule has 6 heteroatoms. The van der Waals surface area contributed by atoms with Gasteiger partial charge >= 0.3 is 5.97 Å². The maximum atomic E-state index is 12.0. The van der Waals surface area contributed by atoms with Crippen LogP contribution in [0.2, 0.25) is 0 Å². The highest BCUT2D eigenvalue weighted by molar-refractivity contribution is 5.89. The molecule has 1 N–H and O–H groups in total. The van der Waals surface area contributed by atoms with E-state index in [9.17, 15) is 4.79 Å². The number of carbonyl (C=O) groups excluding carboxylic acids is 1. The number of esters is 1. The van der Waals surface area contributed by atoms with Gasteiger partial charge in [-0.1, -0.05) is 13.8 Å². The van der Waals surface area contributed by atoms with E-state index >= 15 is 0 Å². The molecule has 0 aromatic heterocycles. The standard InChI is InChI=1S/C16H22N2O4/c1-4-11-10-14-12(16(5-2)21-8-9-22-16)6-7-13(15(19)20-3)18(14)17-11/h6-7,10-11,17H,4-5,8-9H2,1-3H3. The first kappa shape index (κ1) is 15.3. The first-order valence-electron chi connectivity index (χ1n) is 7.72. The number of hydrogen-bond donors (Lipinski definition) is 1. The summed E-state index contributed by atoms with van der Waals surface area (Å²) in [6.07, 6.45) is 7.41. The molecule has 1 fully saturated rings. The Balaban J connectivity index is 2.03. The fraction of sp³-hybridized carbons (Fsp3) is 0.562. The molecule has 1 atom stereocenters. The van der Waals surface area contributed by atoms with Crippen molar-refractivity contribution in [3.63, 3.8) is 0 Å². The minimum atomic E-state index is -0.730. The molecule has 0 aromatic carbocycles. The van der Waals surface area contributed by atoms with Crippen LogP contribution in [0.1, 0.15) is 26.7 Å². The van der Waals surface area contributed by atoms with Crippen LogP contribution in [0.25, 0.3) is 0 Å². The number of nitrogens with zero attached hydrogens (tertiary/aromatic N) is 1. The number of hydrogen-bond acceptors (Lipinski definition) is 6. The Bertz CT molecular complexity index is 558. The smallest absolute Gasteiger partial charge is 0.356 e. The van der Waals surface area contributed by atoms with Crippen LogP contribution in [-0.2, 0) is 19.0 Å². The lowest BCUT2D eigenvalue weighted by Crippen LogP contribution is -2.43. The van der Waals surface area contributed by atoms with Crippen molar-refractivity contribution in [3.05, 3.63) is 35.2 Å². The second-order valence-corrected chi connectivity index (χ2v) is 5.46. The summed E-state index contributed by atoms with van der Waals surface area (Å²) in [5.74, 6) is -1.10. The number of hydrazine groups is 1. The molecule has 120 valence electrons. The third kappa shape index (κ3) is 2.27. The van der Waals surface area contributed by atoms with Crippen LogP contribution < -0.4 is 5.43 Å². The van der Waals surface area contributed by atoms with Crippen LogP contribution >= 0.6 is 0 Å². The zero-order valence-electron chi connectivity index (χ0n) is 13.2. The zero-order valence-corrected chi connectivity index (χ0v) is 13.2. The van der Waals surface area contributed by atoms with Gasteiger partial charge in [-0.2, -0.15) is 0 Å². The molecular formula is C16H22N2O4. The topological polar surface area (TPSA) is 60.0 Å². The van der Waals surface area contributed by atoms with Gasteiger partial charge in [-0.05, 0) is 24.6 Å². The van der Waals surface area contributed by atoms with Crippen molar-refractivity contribution in [2.24, 2.45) is 0 Å². The van der Waals surface area contributed by atoms with Crippen LogP contribution in [0.15, 0.2) is 35.2 Å². The summed E-state index contributed by atoms with van der Waals surface area (Å²) in [6.45, 7) is 5.29. The SMILES string of the molecule is CCC1C=C2C(C3(CC)OCCO3)=CC=C(C(=O)OC)N2N1. The Morgan fingerprint density at radius 2 is 2.14 bits per heavy atom. The van der Waals surface area contributed by atoms with E-state index in [4.69, 9.17) is 14.2 Å². The summed E-state index contributed by atoms with van der Waals surface area (Å²) in [5, 5.41) is 1.79. The van der Waals surface area contributed by atoms with E-state index in [1.807, 2.05) is 13.0 Å². The maximum absolute atomic E-state index is 12.0. The fourth-order valence-corrected chi connectivity index (χ4v) is 3.07. The Labute approximate surface area is 130 Å². The lowest BCUT2D eigenvalue weighted by atomic mass is 9.95. The fourth-order valence-electron chi connectivity index (χ4n) is 3.07. The second-order valence-electron chi connectivity index (χ2n) is 5.46. The van der Waals surface area contributed by atoms with Gasteiger partial charge in [0.2, 0.25) is 0 Å². The molecule has 0 aliphatic carbocycles. The molecule has 0 bridgehead atoms. The van der Waals surface area contributed by atoms with E-state index < -0.39 is 5.79 Å². The summed E-state index contributed by atoms with van der Waals surface area (Å²) in [4.78, 5) is 12.0. The molecule has 1 saturated heterocycles. The molecule has 3 heterocycles. The Morgan fingerprint density at radius 3 is 2.73 bits per heavy atom. The van der Waals surface area contributed by atoms with Crippen LogP contribution in [0.3, 0.4) is 0 Å². The van der Waals surface area contributed by atoms with Gasteiger partial charge in [0.15, 0.2) is 5.79 Å². The molecule has 3 rings (SSSR count). The van der Waals surface area contributed by atoms with Crippen molar-refractivity contribution in [1.82, 2.24) is 10.4 Å². The van der Waals surface area contributed by atoms with Crippen LogP contribution in [-0.4, -0.2) is 43.1 Å². The van der Waals surface area contributed by atoms with Gasteiger partial charge in [-0.3, -0.25) is 5.01 Å². The van der Waals surface area contributed by atoms with E-state index in [0.29, 0.717) is 25.3 Å². The van der Waals surface area contributed by atoms with Gasteiger partial charge in [0.05, 0.1) is 26.0 Å². The lowest BCUT2D eigenvalue weighted by Gasteiger charge is -2.35. The van der Waals surface area contributed by atoms with E-state index in [0.717, 1.165) is 17.7 Å². The van der Waals surface area contributed by atoms with Crippen molar-refractivity contribution < 1.29 is 19.0 Å². The third-order valence-electron chi connectivity index (χ3n) is 4.28. The van der Waals surface area contributed by atoms with Crippen LogP contribution in [0, 0.1) is 0 Å². The highest BCUT2D eigenvalue weighted by atomic mass is 16.7. The predicted octanol–water partition coefficient (Wildman–Crippen LogP) is 1.62. The normalized spacial score (nSPS) is 26.2. The number of fused-ring (bicyclic) bond motifs is 1. The molecule has 1 unspecified atom stereocenters. The van der Waals surface area contributed by atoms with Crippen LogP contribution in [0.4, 0.5) is 0 Å². The van der Waals surface area contributed by atoms with Crippen molar-refractivity contribution in [1.29, 1.82) is 0 Å². The van der Waals surface area contributed by atoms with Gasteiger partial charge in [0.1, 0.15) is 5.70 Å². The predicted molar refractivity (Wildman–Crippen MR) is 80.2 cm³/mol. The monoisotopic (exact) mass is 306 g/mol. The van der Waals surface area contributed by atoms with Gasteiger partial charge < -0.3 is 14.2 Å². The Morgan fingerprint density at radius 1 is 1.41 bits per heavy atom. The molecule has 0 amide bonds. The first-order valence-corrected chi connectivity index (χ1v) is 7.72. The zero-order chi connectivity index (χ0) is 15.7. The van der Waals surface area contributed by atoms with Crippen molar-refractivity contribution in [2.45, 2.75) is 38.5 Å². The largest absolute Gasteiger partial charge is 0.464 e. The molecule has 0 spiro atoms. The number of carbonyl (C=O) groups is 1. The molecular weight excluding hydrogens is 284 g/mol. The number of ether oxygens (including phenoxy) is 3. The van der Waals surface area contributed by atoms with Gasteiger partial charge in [0, 0.05) is 18.0 Å². The number of rotatable bonds is 4. The summed E-state index contributed by atoms with van der Waals surface area (Å²) < 4.78 is 16.7. The molecule has 0 aromatic rings. The molecule has 0 saturated carbocycles. The van der Waals surface area contributed by atoms with Gasteiger partial charge in [-0.25, -0.2) is 10.2 Å². The highest BCUT2D eigenvalue weighted by Crippen LogP contribution is 2.41. The third-order valence-corrected chi connectivity index (χ3v) is 4.28. The van der Waals surface area contributed by atoms with Crippen molar-refractivity contribution in [3.8, 4) is 0 Å². The minimum absolute atomic E-state index is 0.167.